The topological polar surface area (TPSA) is 37.3 Å². The highest BCUT2D eigenvalue weighted by molar-refractivity contribution is 9.10. The fourth-order valence-corrected chi connectivity index (χ4v) is 1.48. The van der Waals surface area contributed by atoms with Crippen LogP contribution in [0.4, 0.5) is 0 Å². The van der Waals surface area contributed by atoms with Crippen LogP contribution in [0, 0.1) is 0 Å². The number of Topliss-reactive ketones (excluding diaryl/α,β-unsaturated/α-hetero) is 1. The first kappa shape index (κ1) is 9.74. The number of para-hydroxylation sites is 1. The third kappa shape index (κ3) is 1.87. The molecule has 0 atom stereocenters. The maximum absolute atomic E-state index is 11.2. The molecule has 4 heteroatoms. The monoisotopic (exact) mass is 292 g/mol. The van der Waals surface area contributed by atoms with Crippen molar-refractivity contribution in [1.82, 2.24) is 0 Å². The second-order valence-corrected chi connectivity index (χ2v) is 3.61. The molecule has 0 aliphatic carbocycles. The Hall–Kier alpha value is -0.350. The average molecular weight is 294 g/mol. The molecule has 0 fully saturated rings. The van der Waals surface area contributed by atoms with Gasteiger partial charge in [0, 0.05) is 0 Å². The minimum absolute atomic E-state index is 0.00181. The van der Waals surface area contributed by atoms with E-state index >= 15 is 0 Å². The van der Waals surface area contributed by atoms with Crippen LogP contribution in [0.5, 0.6) is 5.75 Å². The highest BCUT2D eigenvalue weighted by atomic mass is 79.9. The lowest BCUT2D eigenvalue weighted by molar-refractivity contribution is 0.102. The van der Waals surface area contributed by atoms with Gasteiger partial charge in [-0.1, -0.05) is 22.0 Å². The molecule has 0 aromatic heterocycles. The van der Waals surface area contributed by atoms with E-state index in [1.54, 1.807) is 18.2 Å². The minimum Gasteiger partial charge on any atom is -0.506 e. The number of aromatic hydroxyl groups is 1. The van der Waals surface area contributed by atoms with Crippen molar-refractivity contribution < 1.29 is 9.90 Å². The molecular formula is C8H6Br2O2. The normalized spacial score (nSPS) is 9.83. The van der Waals surface area contributed by atoms with Crippen LogP contribution >= 0.6 is 31.9 Å². The number of phenolic OH excluding ortho intramolecular Hbond substituents is 1. The van der Waals surface area contributed by atoms with E-state index in [0.29, 0.717) is 10.0 Å². The summed E-state index contributed by atoms with van der Waals surface area (Å²) in [4.78, 5) is 11.2. The molecule has 0 aliphatic rings. The smallest absolute Gasteiger partial charge is 0.177 e. The molecule has 1 aromatic rings. The molecule has 0 aliphatic heterocycles. The van der Waals surface area contributed by atoms with Gasteiger partial charge in [0.05, 0.1) is 15.4 Å². The molecule has 0 unspecified atom stereocenters. The van der Waals surface area contributed by atoms with Crippen molar-refractivity contribution in [2.24, 2.45) is 0 Å². The Balaban J connectivity index is 3.16. The van der Waals surface area contributed by atoms with Gasteiger partial charge in [-0.3, -0.25) is 4.79 Å². The van der Waals surface area contributed by atoms with Gasteiger partial charge < -0.3 is 5.11 Å². The van der Waals surface area contributed by atoms with Crippen LogP contribution in [0.15, 0.2) is 22.7 Å². The predicted octanol–water partition coefficient (Wildman–Crippen LogP) is 2.73. The van der Waals surface area contributed by atoms with Gasteiger partial charge in [-0.05, 0) is 28.1 Å². The molecule has 0 saturated heterocycles. The molecule has 2 nitrogen and oxygen atoms in total. The molecule has 0 heterocycles. The molecule has 64 valence electrons. The number of hydrogen-bond acceptors (Lipinski definition) is 2. The number of halogens is 2. The zero-order valence-corrected chi connectivity index (χ0v) is 9.22. The first-order valence-corrected chi connectivity index (χ1v) is 5.15. The number of ketones is 1. The van der Waals surface area contributed by atoms with E-state index in [9.17, 15) is 9.90 Å². The van der Waals surface area contributed by atoms with Crippen molar-refractivity contribution in [1.29, 1.82) is 0 Å². The van der Waals surface area contributed by atoms with E-state index in [1.165, 1.54) is 0 Å². The summed E-state index contributed by atoms with van der Waals surface area (Å²) >= 11 is 6.16. The Kier molecular flexibility index (Phi) is 3.29. The summed E-state index contributed by atoms with van der Waals surface area (Å²) in [5.41, 5.74) is 0.334. The van der Waals surface area contributed by atoms with Gasteiger partial charge in [0.2, 0.25) is 0 Å². The van der Waals surface area contributed by atoms with Crippen molar-refractivity contribution in [2.45, 2.75) is 0 Å². The predicted molar refractivity (Wildman–Crippen MR) is 53.9 cm³/mol. The van der Waals surface area contributed by atoms with Gasteiger partial charge in [-0.15, -0.1) is 0 Å². The van der Waals surface area contributed by atoms with Crippen LogP contribution in [-0.4, -0.2) is 16.2 Å². The van der Waals surface area contributed by atoms with Gasteiger partial charge >= 0.3 is 0 Å². The first-order valence-electron chi connectivity index (χ1n) is 3.23. The van der Waals surface area contributed by atoms with Gasteiger partial charge in [-0.25, -0.2) is 0 Å². The van der Waals surface area contributed by atoms with Crippen molar-refractivity contribution >= 4 is 37.6 Å². The number of alkyl halides is 1. The molecule has 0 radical (unpaired) electrons. The number of benzene rings is 1. The summed E-state index contributed by atoms with van der Waals surface area (Å²) in [7, 11) is 0. The van der Waals surface area contributed by atoms with Gasteiger partial charge in [0.15, 0.2) is 5.78 Å². The summed E-state index contributed by atoms with van der Waals surface area (Å²) in [6.45, 7) is 0. The number of rotatable bonds is 2. The zero-order valence-electron chi connectivity index (χ0n) is 6.05. The molecule has 1 N–H and O–H groups in total. The summed E-state index contributed by atoms with van der Waals surface area (Å²) in [5, 5.41) is 9.63. The van der Waals surface area contributed by atoms with E-state index in [-0.39, 0.29) is 16.9 Å². The second-order valence-electron chi connectivity index (χ2n) is 2.19. The third-order valence-electron chi connectivity index (χ3n) is 1.41. The number of carbonyl (C=O) groups is 1. The third-order valence-corrected chi connectivity index (χ3v) is 2.56. The van der Waals surface area contributed by atoms with Gasteiger partial charge in [0.1, 0.15) is 5.75 Å². The van der Waals surface area contributed by atoms with E-state index < -0.39 is 0 Å². The van der Waals surface area contributed by atoms with Crippen LogP contribution in [0.1, 0.15) is 10.4 Å². The molecule has 0 bridgehead atoms. The zero-order chi connectivity index (χ0) is 9.14. The van der Waals surface area contributed by atoms with Crippen molar-refractivity contribution in [3.05, 3.63) is 28.2 Å². The van der Waals surface area contributed by atoms with Crippen LogP contribution in [0.25, 0.3) is 0 Å². The van der Waals surface area contributed by atoms with Crippen molar-refractivity contribution in [3.8, 4) is 5.75 Å². The SMILES string of the molecule is O=C(CBr)c1cccc(Br)c1O. The van der Waals surface area contributed by atoms with Gasteiger partial charge in [0.25, 0.3) is 0 Å². The Labute approximate surface area is 86.9 Å². The lowest BCUT2D eigenvalue weighted by Crippen LogP contribution is -1.99. The lowest BCUT2D eigenvalue weighted by Gasteiger charge is -2.02. The quantitative estimate of drug-likeness (QED) is 0.672. The second kappa shape index (κ2) is 4.05. The Morgan fingerprint density at radius 2 is 2.17 bits per heavy atom. The van der Waals surface area contributed by atoms with Crippen molar-refractivity contribution in [2.75, 3.05) is 5.33 Å². The number of phenols is 1. The summed E-state index contributed by atoms with van der Waals surface area (Å²) in [6, 6.07) is 4.98. The van der Waals surface area contributed by atoms with E-state index in [0.717, 1.165) is 0 Å². The molecule has 0 amide bonds. The van der Waals surface area contributed by atoms with E-state index in [2.05, 4.69) is 31.9 Å². The number of carbonyl (C=O) groups excluding carboxylic acids is 1. The first-order chi connectivity index (χ1) is 5.66. The van der Waals surface area contributed by atoms with E-state index in [1.807, 2.05) is 0 Å². The molecule has 12 heavy (non-hydrogen) atoms. The Morgan fingerprint density at radius 3 is 2.75 bits per heavy atom. The highest BCUT2D eigenvalue weighted by Crippen LogP contribution is 2.27. The van der Waals surface area contributed by atoms with Crippen LogP contribution in [-0.2, 0) is 0 Å². The largest absolute Gasteiger partial charge is 0.506 e. The molecule has 0 spiro atoms. The van der Waals surface area contributed by atoms with Crippen molar-refractivity contribution in [3.63, 3.8) is 0 Å². The Bertz CT molecular complexity index is 310. The lowest BCUT2D eigenvalue weighted by atomic mass is 10.1. The summed E-state index contributed by atoms with van der Waals surface area (Å²) in [5.74, 6) is -0.129. The van der Waals surface area contributed by atoms with Crippen LogP contribution in [0.3, 0.4) is 0 Å². The average Bonchev–Trinajstić information content (AvgIpc) is 2.08. The Morgan fingerprint density at radius 1 is 1.50 bits per heavy atom. The fraction of sp³-hybridized carbons (Fsp3) is 0.125. The summed E-state index contributed by atoms with van der Waals surface area (Å²) in [6.07, 6.45) is 0. The molecule has 0 saturated carbocycles. The van der Waals surface area contributed by atoms with Crippen LogP contribution < -0.4 is 0 Å². The highest BCUT2D eigenvalue weighted by Gasteiger charge is 2.10. The minimum atomic E-state index is -0.131. The van der Waals surface area contributed by atoms with E-state index in [4.69, 9.17) is 0 Å². The molecule has 1 aromatic carbocycles. The molecular weight excluding hydrogens is 288 g/mol. The number of hydrogen-bond donors (Lipinski definition) is 1. The fourth-order valence-electron chi connectivity index (χ4n) is 0.812. The standard InChI is InChI=1S/C8H6Br2O2/c9-4-7(11)5-2-1-3-6(10)8(5)12/h1-3,12H,4H2. The summed E-state index contributed by atoms with van der Waals surface area (Å²) < 4.78 is 0.536. The maximum Gasteiger partial charge on any atom is 0.177 e. The van der Waals surface area contributed by atoms with Gasteiger partial charge in [-0.2, -0.15) is 0 Å². The maximum atomic E-state index is 11.2. The molecule has 1 rings (SSSR count). The van der Waals surface area contributed by atoms with Crippen LogP contribution in [0.2, 0.25) is 0 Å².